The van der Waals surface area contributed by atoms with Crippen molar-refractivity contribution in [2.75, 3.05) is 11.5 Å². The van der Waals surface area contributed by atoms with Gasteiger partial charge in [-0.3, -0.25) is 14.5 Å². The average molecular weight is 492 g/mol. The minimum atomic E-state index is -0.886. The van der Waals surface area contributed by atoms with E-state index in [9.17, 15) is 14.7 Å². The number of aliphatic hydroxyl groups is 1. The molecule has 1 amide bonds. The highest BCUT2D eigenvalue weighted by Crippen LogP contribution is 2.43. The molecule has 0 bridgehead atoms. The molecule has 180 valence electrons. The van der Waals surface area contributed by atoms with Crippen molar-refractivity contribution in [2.45, 2.75) is 32.9 Å². The van der Waals surface area contributed by atoms with E-state index in [0.717, 1.165) is 0 Å². The number of hydrogen-bond acceptors (Lipinski definition) is 5. The van der Waals surface area contributed by atoms with E-state index >= 15 is 0 Å². The highest BCUT2D eigenvalue weighted by Gasteiger charge is 2.47. The lowest BCUT2D eigenvalue weighted by atomic mass is 9.95. The number of ether oxygens (including phenoxy) is 2. The molecule has 0 spiro atoms. The van der Waals surface area contributed by atoms with Crippen molar-refractivity contribution in [3.8, 4) is 11.5 Å². The molecule has 7 heteroatoms. The minimum absolute atomic E-state index is 0.0229. The first-order chi connectivity index (χ1) is 16.8. The van der Waals surface area contributed by atoms with E-state index in [2.05, 4.69) is 0 Å². The molecule has 1 aliphatic heterocycles. The van der Waals surface area contributed by atoms with Gasteiger partial charge in [0.15, 0.2) is 0 Å². The average Bonchev–Trinajstić information content (AvgIpc) is 3.09. The van der Waals surface area contributed by atoms with Crippen LogP contribution in [0.3, 0.4) is 0 Å². The van der Waals surface area contributed by atoms with Crippen LogP contribution in [0.2, 0.25) is 5.02 Å². The molecule has 1 aliphatic rings. The van der Waals surface area contributed by atoms with Crippen molar-refractivity contribution in [2.24, 2.45) is 0 Å². The maximum Gasteiger partial charge on any atom is 0.300 e. The number of hydrogen-bond donors (Lipinski definition) is 1. The molecular formula is C28H26ClNO5. The molecule has 0 aliphatic carbocycles. The van der Waals surface area contributed by atoms with Crippen molar-refractivity contribution in [1.29, 1.82) is 0 Å². The molecule has 3 aromatic carbocycles. The van der Waals surface area contributed by atoms with Crippen LogP contribution in [0.15, 0.2) is 78.4 Å². The van der Waals surface area contributed by atoms with Crippen LogP contribution in [0.5, 0.6) is 11.5 Å². The third-order valence-electron chi connectivity index (χ3n) is 5.49. The Balaban J connectivity index is 1.91. The quantitative estimate of drug-likeness (QED) is 0.243. The van der Waals surface area contributed by atoms with Crippen LogP contribution in [0.1, 0.15) is 37.9 Å². The van der Waals surface area contributed by atoms with Crippen LogP contribution in [0.25, 0.3) is 5.76 Å². The first-order valence-electron chi connectivity index (χ1n) is 11.4. The normalized spacial score (nSPS) is 17.2. The Kier molecular flexibility index (Phi) is 7.12. The predicted molar refractivity (Wildman–Crippen MR) is 136 cm³/mol. The van der Waals surface area contributed by atoms with Crippen LogP contribution in [-0.2, 0) is 9.59 Å². The fourth-order valence-corrected chi connectivity index (χ4v) is 4.31. The number of rotatable bonds is 7. The van der Waals surface area contributed by atoms with Gasteiger partial charge in [0, 0.05) is 16.3 Å². The molecule has 0 radical (unpaired) electrons. The SMILES string of the molecule is CCOc1cccc(C2/C(=C(\O)c3cccc(OC(C)C)c3)C(=O)C(=O)N2c2cccc(Cl)c2)c1. The molecule has 0 aromatic heterocycles. The summed E-state index contributed by atoms with van der Waals surface area (Å²) in [6.45, 7) is 6.13. The summed E-state index contributed by atoms with van der Waals surface area (Å²) < 4.78 is 11.4. The Labute approximate surface area is 209 Å². The zero-order valence-corrected chi connectivity index (χ0v) is 20.5. The molecule has 6 nitrogen and oxygen atoms in total. The molecule has 0 saturated carbocycles. The Morgan fingerprint density at radius 1 is 1.00 bits per heavy atom. The molecule has 1 unspecified atom stereocenters. The molecule has 4 rings (SSSR count). The van der Waals surface area contributed by atoms with Gasteiger partial charge in [-0.25, -0.2) is 0 Å². The Morgan fingerprint density at radius 2 is 1.71 bits per heavy atom. The van der Waals surface area contributed by atoms with E-state index in [1.807, 2.05) is 20.8 Å². The van der Waals surface area contributed by atoms with Crippen LogP contribution in [0.4, 0.5) is 5.69 Å². The molecule has 1 N–H and O–H groups in total. The molecule has 1 saturated heterocycles. The zero-order valence-electron chi connectivity index (χ0n) is 19.7. The summed E-state index contributed by atoms with van der Waals surface area (Å²) in [5, 5.41) is 11.8. The summed E-state index contributed by atoms with van der Waals surface area (Å²) in [4.78, 5) is 28.0. The molecule has 1 heterocycles. The molecular weight excluding hydrogens is 466 g/mol. The van der Waals surface area contributed by atoms with Gasteiger partial charge in [-0.15, -0.1) is 0 Å². The van der Waals surface area contributed by atoms with Crippen LogP contribution < -0.4 is 14.4 Å². The van der Waals surface area contributed by atoms with Crippen molar-refractivity contribution < 1.29 is 24.2 Å². The van der Waals surface area contributed by atoms with Gasteiger partial charge in [0.05, 0.1) is 24.3 Å². The van der Waals surface area contributed by atoms with E-state index < -0.39 is 17.7 Å². The van der Waals surface area contributed by atoms with Crippen molar-refractivity contribution >= 4 is 34.7 Å². The number of carbonyl (C=O) groups is 2. The van der Waals surface area contributed by atoms with Crippen molar-refractivity contribution in [1.82, 2.24) is 0 Å². The van der Waals surface area contributed by atoms with Crippen LogP contribution >= 0.6 is 11.6 Å². The Hall–Kier alpha value is -3.77. The summed E-state index contributed by atoms with van der Waals surface area (Å²) in [6.07, 6.45) is -0.0675. The molecule has 1 atom stereocenters. The number of nitrogens with zero attached hydrogens (tertiary/aromatic N) is 1. The summed E-state index contributed by atoms with van der Waals surface area (Å²) >= 11 is 6.20. The summed E-state index contributed by atoms with van der Waals surface area (Å²) in [6, 6.07) is 19.8. The number of ketones is 1. The standard InChI is InChI=1S/C28H26ClNO5/c1-4-34-22-12-5-8-18(14-22)25-24(26(31)19-9-6-13-23(15-19)35-17(2)3)27(32)28(33)30(25)21-11-7-10-20(29)16-21/h5-17,25,31H,4H2,1-3H3/b26-24+. The summed E-state index contributed by atoms with van der Waals surface area (Å²) in [7, 11) is 0. The fraction of sp³-hybridized carbons (Fsp3) is 0.214. The highest BCUT2D eigenvalue weighted by atomic mass is 35.5. The zero-order chi connectivity index (χ0) is 25.1. The lowest BCUT2D eigenvalue weighted by Gasteiger charge is -2.26. The van der Waals surface area contributed by atoms with Gasteiger partial charge in [0.25, 0.3) is 11.7 Å². The number of aliphatic hydroxyl groups excluding tert-OH is 1. The van der Waals surface area contributed by atoms with E-state index in [1.54, 1.807) is 72.8 Å². The number of benzene rings is 3. The Bertz CT molecular complexity index is 1300. The smallest absolute Gasteiger partial charge is 0.300 e. The van der Waals surface area contributed by atoms with Gasteiger partial charge in [-0.2, -0.15) is 0 Å². The molecule has 3 aromatic rings. The molecule has 1 fully saturated rings. The molecule has 35 heavy (non-hydrogen) atoms. The monoisotopic (exact) mass is 491 g/mol. The van der Waals surface area contributed by atoms with E-state index in [0.29, 0.717) is 39.9 Å². The van der Waals surface area contributed by atoms with Crippen molar-refractivity contribution in [3.63, 3.8) is 0 Å². The van der Waals surface area contributed by atoms with Gasteiger partial charge in [-0.1, -0.05) is 41.9 Å². The number of carbonyl (C=O) groups excluding carboxylic acids is 2. The number of Topliss-reactive ketones (excluding diaryl/α,β-unsaturated/α-hetero) is 1. The maximum absolute atomic E-state index is 13.3. The third kappa shape index (κ3) is 5.03. The third-order valence-corrected chi connectivity index (χ3v) is 5.73. The largest absolute Gasteiger partial charge is 0.507 e. The van der Waals surface area contributed by atoms with Crippen LogP contribution in [-0.4, -0.2) is 29.5 Å². The van der Waals surface area contributed by atoms with E-state index in [1.165, 1.54) is 4.90 Å². The second kappa shape index (κ2) is 10.2. The second-order valence-corrected chi connectivity index (χ2v) is 8.79. The number of anilines is 1. The van der Waals surface area contributed by atoms with Gasteiger partial charge >= 0.3 is 0 Å². The minimum Gasteiger partial charge on any atom is -0.507 e. The van der Waals surface area contributed by atoms with E-state index in [4.69, 9.17) is 21.1 Å². The van der Waals surface area contributed by atoms with Crippen LogP contribution in [0, 0.1) is 0 Å². The topological polar surface area (TPSA) is 76.1 Å². The van der Waals surface area contributed by atoms with Crippen molar-refractivity contribution in [3.05, 3.63) is 94.5 Å². The highest BCUT2D eigenvalue weighted by molar-refractivity contribution is 6.51. The summed E-state index contributed by atoms with van der Waals surface area (Å²) in [5.41, 5.74) is 1.41. The maximum atomic E-state index is 13.3. The Morgan fingerprint density at radius 3 is 2.43 bits per heavy atom. The fourth-order valence-electron chi connectivity index (χ4n) is 4.13. The van der Waals surface area contributed by atoms with Gasteiger partial charge in [-0.05, 0) is 68.8 Å². The van der Waals surface area contributed by atoms with E-state index in [-0.39, 0.29) is 17.4 Å². The number of amides is 1. The lowest BCUT2D eigenvalue weighted by Crippen LogP contribution is -2.29. The second-order valence-electron chi connectivity index (χ2n) is 8.35. The first-order valence-corrected chi connectivity index (χ1v) is 11.7. The predicted octanol–water partition coefficient (Wildman–Crippen LogP) is 6.15. The summed E-state index contributed by atoms with van der Waals surface area (Å²) in [5.74, 6) is -0.689. The number of halogens is 1. The van der Waals surface area contributed by atoms with Gasteiger partial charge in [0.1, 0.15) is 17.3 Å². The van der Waals surface area contributed by atoms with Gasteiger partial charge in [0.2, 0.25) is 0 Å². The lowest BCUT2D eigenvalue weighted by molar-refractivity contribution is -0.132. The first kappa shape index (κ1) is 24.4. The van der Waals surface area contributed by atoms with Gasteiger partial charge < -0.3 is 14.6 Å².